The lowest BCUT2D eigenvalue weighted by molar-refractivity contribution is 1.11. The first-order valence-electron chi connectivity index (χ1n) is 26.7. The van der Waals surface area contributed by atoms with Gasteiger partial charge in [0.2, 0.25) is 0 Å². The summed E-state index contributed by atoms with van der Waals surface area (Å²) >= 11 is 0. The molecule has 0 N–H and O–H groups in total. The average Bonchev–Trinajstić information content (AvgIpc) is 4.05. The molecule has 0 spiro atoms. The highest BCUT2D eigenvalue weighted by Gasteiger charge is 2.22. The molecule has 0 radical (unpaired) electrons. The molecule has 0 amide bonds. The smallest absolute Gasteiger partial charge is 0.0541 e. The molecule has 3 nitrogen and oxygen atoms in total. The highest BCUT2D eigenvalue weighted by atomic mass is 15.0. The molecule has 0 saturated carbocycles. The van der Waals surface area contributed by atoms with E-state index in [1.54, 1.807) is 0 Å². The molecule has 0 unspecified atom stereocenters. The van der Waals surface area contributed by atoms with Crippen molar-refractivity contribution in [2.45, 2.75) is 20.8 Å². The number of para-hydroxylation sites is 4. The Morgan fingerprint density at radius 2 is 0.597 bits per heavy atom. The van der Waals surface area contributed by atoms with Crippen LogP contribution in [-0.2, 0) is 0 Å². The van der Waals surface area contributed by atoms with E-state index in [2.05, 4.69) is 285 Å². The van der Waals surface area contributed by atoms with E-state index in [1.165, 1.54) is 115 Å². The summed E-state index contributed by atoms with van der Waals surface area (Å²) in [7, 11) is 0. The molecule has 12 aromatic carbocycles. The molecular formula is C74H51N3. The SMILES string of the molecule is Cc1nc(C)c(-c2ccc(-c3c4ccccc4c(-c4cccc5ccccc45)c4ccccc34)cc2)c(C)c1-c1ccc(-c2cc(-n3c4ccccc4c4ccccc43)cc(-n3c4ccccc4c4ccccc43)c2)cc1. The summed E-state index contributed by atoms with van der Waals surface area (Å²) in [4.78, 5) is 5.26. The van der Waals surface area contributed by atoms with Crippen molar-refractivity contribution < 1.29 is 0 Å². The molecular weight excluding hydrogens is 931 g/mol. The third kappa shape index (κ3) is 7.01. The number of fused-ring (bicyclic) bond motifs is 9. The van der Waals surface area contributed by atoms with Crippen molar-refractivity contribution in [3.63, 3.8) is 0 Å². The van der Waals surface area contributed by atoms with Gasteiger partial charge in [-0.3, -0.25) is 4.98 Å². The number of hydrogen-bond donors (Lipinski definition) is 0. The van der Waals surface area contributed by atoms with Gasteiger partial charge in [0.25, 0.3) is 0 Å². The van der Waals surface area contributed by atoms with Crippen LogP contribution in [0.2, 0.25) is 0 Å². The van der Waals surface area contributed by atoms with Crippen LogP contribution in [0.3, 0.4) is 0 Å². The molecule has 0 aliphatic carbocycles. The van der Waals surface area contributed by atoms with Gasteiger partial charge in [-0.1, -0.05) is 212 Å². The van der Waals surface area contributed by atoms with Crippen LogP contribution in [0.5, 0.6) is 0 Å². The van der Waals surface area contributed by atoms with Gasteiger partial charge in [0, 0.05) is 55.4 Å². The van der Waals surface area contributed by atoms with E-state index in [4.69, 9.17) is 4.98 Å². The molecule has 362 valence electrons. The maximum Gasteiger partial charge on any atom is 0.0541 e. The third-order valence-electron chi connectivity index (χ3n) is 16.3. The second-order valence-corrected chi connectivity index (χ2v) is 20.7. The number of hydrogen-bond acceptors (Lipinski definition) is 1. The van der Waals surface area contributed by atoms with Crippen molar-refractivity contribution in [2.24, 2.45) is 0 Å². The first-order valence-corrected chi connectivity index (χ1v) is 26.7. The zero-order chi connectivity index (χ0) is 51.3. The van der Waals surface area contributed by atoms with Crippen LogP contribution in [0.4, 0.5) is 0 Å². The lowest BCUT2D eigenvalue weighted by atomic mass is 9.84. The molecule has 3 aromatic heterocycles. The Kier molecular flexibility index (Phi) is 10.2. The van der Waals surface area contributed by atoms with Gasteiger partial charge in [-0.05, 0) is 146 Å². The van der Waals surface area contributed by atoms with E-state index >= 15 is 0 Å². The molecule has 3 heterocycles. The van der Waals surface area contributed by atoms with E-state index in [9.17, 15) is 0 Å². The van der Waals surface area contributed by atoms with Gasteiger partial charge in [-0.15, -0.1) is 0 Å². The van der Waals surface area contributed by atoms with Crippen molar-refractivity contribution in [3.05, 3.63) is 272 Å². The second-order valence-electron chi connectivity index (χ2n) is 20.7. The summed E-state index contributed by atoms with van der Waals surface area (Å²) in [6, 6.07) is 93.9. The number of aryl methyl sites for hydroxylation is 2. The summed E-state index contributed by atoms with van der Waals surface area (Å²) in [5, 5.41) is 12.5. The van der Waals surface area contributed by atoms with Crippen molar-refractivity contribution >= 4 is 75.9 Å². The van der Waals surface area contributed by atoms with Crippen LogP contribution in [0.15, 0.2) is 255 Å². The Balaban J connectivity index is 0.838. The fourth-order valence-electron chi connectivity index (χ4n) is 13.1. The number of aromatic nitrogens is 3. The minimum Gasteiger partial charge on any atom is -0.309 e. The van der Waals surface area contributed by atoms with Crippen LogP contribution in [0.25, 0.3) is 143 Å². The van der Waals surface area contributed by atoms with Crippen LogP contribution in [0.1, 0.15) is 17.0 Å². The van der Waals surface area contributed by atoms with Gasteiger partial charge in [-0.2, -0.15) is 0 Å². The number of nitrogens with zero attached hydrogens (tertiary/aromatic N) is 3. The largest absolute Gasteiger partial charge is 0.309 e. The molecule has 0 saturated heterocycles. The highest BCUT2D eigenvalue weighted by Crippen LogP contribution is 2.47. The summed E-state index contributed by atoms with van der Waals surface area (Å²) in [5.41, 5.74) is 22.2. The van der Waals surface area contributed by atoms with Crippen LogP contribution in [0, 0.1) is 20.8 Å². The predicted octanol–water partition coefficient (Wildman–Crippen LogP) is 20.0. The lowest BCUT2D eigenvalue weighted by Crippen LogP contribution is -2.01. The predicted molar refractivity (Wildman–Crippen MR) is 327 cm³/mol. The molecule has 0 atom stereocenters. The molecule has 3 heteroatoms. The summed E-state index contributed by atoms with van der Waals surface area (Å²) < 4.78 is 4.87. The van der Waals surface area contributed by atoms with Gasteiger partial charge < -0.3 is 9.13 Å². The second kappa shape index (κ2) is 17.7. The topological polar surface area (TPSA) is 22.8 Å². The summed E-state index contributed by atoms with van der Waals surface area (Å²) in [6.07, 6.45) is 0. The van der Waals surface area contributed by atoms with Crippen LogP contribution >= 0.6 is 0 Å². The quantitative estimate of drug-likeness (QED) is 0.146. The van der Waals surface area contributed by atoms with Crippen molar-refractivity contribution in [1.82, 2.24) is 14.1 Å². The molecule has 15 aromatic rings. The van der Waals surface area contributed by atoms with Crippen molar-refractivity contribution in [2.75, 3.05) is 0 Å². The zero-order valence-electron chi connectivity index (χ0n) is 43.1. The van der Waals surface area contributed by atoms with E-state index in [1.807, 2.05) is 0 Å². The van der Waals surface area contributed by atoms with E-state index in [0.29, 0.717) is 0 Å². The Labute approximate surface area is 447 Å². The minimum atomic E-state index is 1.03. The van der Waals surface area contributed by atoms with Gasteiger partial charge in [0.1, 0.15) is 0 Å². The van der Waals surface area contributed by atoms with Gasteiger partial charge in [0.15, 0.2) is 0 Å². The zero-order valence-corrected chi connectivity index (χ0v) is 43.1. The van der Waals surface area contributed by atoms with Crippen LogP contribution < -0.4 is 0 Å². The van der Waals surface area contributed by atoms with Crippen LogP contribution in [-0.4, -0.2) is 14.1 Å². The van der Waals surface area contributed by atoms with Gasteiger partial charge in [0.05, 0.1) is 22.1 Å². The Morgan fingerprint density at radius 1 is 0.260 bits per heavy atom. The average molecular weight is 982 g/mol. The van der Waals surface area contributed by atoms with E-state index < -0.39 is 0 Å². The number of pyridine rings is 1. The molecule has 77 heavy (non-hydrogen) atoms. The third-order valence-corrected chi connectivity index (χ3v) is 16.3. The summed E-state index contributed by atoms with van der Waals surface area (Å²) in [5.74, 6) is 0. The fourth-order valence-corrected chi connectivity index (χ4v) is 13.1. The molecule has 0 aliphatic heterocycles. The monoisotopic (exact) mass is 981 g/mol. The maximum absolute atomic E-state index is 5.26. The highest BCUT2D eigenvalue weighted by molar-refractivity contribution is 6.23. The van der Waals surface area contributed by atoms with E-state index in [0.717, 1.165) is 45.0 Å². The van der Waals surface area contributed by atoms with Crippen molar-refractivity contribution in [3.8, 4) is 67.0 Å². The van der Waals surface area contributed by atoms with Crippen molar-refractivity contribution in [1.29, 1.82) is 0 Å². The molecule has 0 fully saturated rings. The Morgan fingerprint density at radius 3 is 1.04 bits per heavy atom. The maximum atomic E-state index is 5.26. The summed E-state index contributed by atoms with van der Waals surface area (Å²) in [6.45, 7) is 6.58. The Bertz CT molecular complexity index is 4580. The Hall–Kier alpha value is -9.83. The lowest BCUT2D eigenvalue weighted by Gasteiger charge is -2.20. The molecule has 0 aliphatic rings. The first-order chi connectivity index (χ1) is 38.0. The first kappa shape index (κ1) is 44.6. The van der Waals surface area contributed by atoms with Gasteiger partial charge >= 0.3 is 0 Å². The minimum absolute atomic E-state index is 1.03. The number of benzene rings is 12. The normalized spacial score (nSPS) is 11.8. The number of rotatable bonds is 7. The standard InChI is InChI=1S/C74H51N3/c1-46-71(47(2)75-48(3)72(46)52-39-41-53(42-40-52)73-63-26-6-8-28-65(63)74(66-29-9-7-27-64(66)73)62-30-18-20-50-19-4-5-21-57(50)62)51-37-35-49(36-38-51)54-43-55(76-67-31-14-10-22-58(67)59-23-11-15-32-68(59)76)45-56(44-54)77-69-33-16-12-24-60(69)61-25-13-17-34-70(61)77/h4-45H,1-3H3. The molecule has 0 bridgehead atoms. The molecule has 15 rings (SSSR count). The fraction of sp³-hybridized carbons (Fsp3) is 0.0405. The van der Waals surface area contributed by atoms with E-state index in [-0.39, 0.29) is 0 Å². The van der Waals surface area contributed by atoms with Gasteiger partial charge in [-0.25, -0.2) is 0 Å².